The van der Waals surface area contributed by atoms with Crippen molar-refractivity contribution in [3.8, 4) is 0 Å². The second-order valence-corrected chi connectivity index (χ2v) is 4.24. The molecular weight excluding hydrogens is 220 g/mol. The zero-order valence-electron chi connectivity index (χ0n) is 9.81. The highest BCUT2D eigenvalue weighted by atomic mass is 16.6. The van der Waals surface area contributed by atoms with Gasteiger partial charge < -0.3 is 10.1 Å². The minimum atomic E-state index is -0.343. The van der Waals surface area contributed by atoms with Gasteiger partial charge in [0.15, 0.2) is 0 Å². The number of anilines is 1. The fourth-order valence-electron chi connectivity index (χ4n) is 2.04. The summed E-state index contributed by atoms with van der Waals surface area (Å²) in [5.74, 6) is 0. The van der Waals surface area contributed by atoms with Crippen molar-refractivity contribution in [2.75, 3.05) is 18.5 Å². The quantitative estimate of drug-likeness (QED) is 0.647. The van der Waals surface area contributed by atoms with Crippen LogP contribution in [0.25, 0.3) is 0 Å². The molecule has 0 amide bonds. The highest BCUT2D eigenvalue weighted by Crippen LogP contribution is 2.26. The minimum Gasteiger partial charge on any atom is -0.382 e. The number of nitro groups is 1. The summed E-state index contributed by atoms with van der Waals surface area (Å²) < 4.78 is 5.28. The van der Waals surface area contributed by atoms with Crippen molar-refractivity contribution in [1.29, 1.82) is 0 Å². The molecule has 0 bridgehead atoms. The summed E-state index contributed by atoms with van der Waals surface area (Å²) in [6.07, 6.45) is 1.89. The van der Waals surface area contributed by atoms with E-state index in [0.29, 0.717) is 11.6 Å². The van der Waals surface area contributed by atoms with Crippen LogP contribution in [-0.2, 0) is 4.74 Å². The molecule has 1 aliphatic rings. The summed E-state index contributed by atoms with van der Waals surface area (Å²) in [7, 11) is 0. The molecule has 1 aromatic rings. The minimum absolute atomic E-state index is 0.169. The van der Waals surface area contributed by atoms with E-state index in [2.05, 4.69) is 5.32 Å². The van der Waals surface area contributed by atoms with Gasteiger partial charge >= 0.3 is 0 Å². The lowest BCUT2D eigenvalue weighted by Crippen LogP contribution is -2.28. The summed E-state index contributed by atoms with van der Waals surface area (Å²) in [4.78, 5) is 10.5. The van der Waals surface area contributed by atoms with Crippen LogP contribution in [-0.4, -0.2) is 24.2 Å². The summed E-state index contributed by atoms with van der Waals surface area (Å²) in [6.45, 7) is 3.29. The first-order valence-corrected chi connectivity index (χ1v) is 5.77. The van der Waals surface area contributed by atoms with Crippen LogP contribution in [0, 0.1) is 17.0 Å². The fourth-order valence-corrected chi connectivity index (χ4v) is 2.04. The summed E-state index contributed by atoms with van der Waals surface area (Å²) in [5, 5.41) is 14.2. The van der Waals surface area contributed by atoms with Crippen LogP contribution in [0.1, 0.15) is 18.4 Å². The molecule has 0 unspecified atom stereocenters. The molecule has 0 spiro atoms. The van der Waals surface area contributed by atoms with Crippen LogP contribution in [0.2, 0.25) is 0 Å². The van der Waals surface area contributed by atoms with Crippen LogP contribution in [0.4, 0.5) is 11.4 Å². The zero-order chi connectivity index (χ0) is 12.3. The van der Waals surface area contributed by atoms with Crippen LogP contribution in [0.3, 0.4) is 0 Å². The average molecular weight is 236 g/mol. The Hall–Kier alpha value is -1.62. The Morgan fingerprint density at radius 3 is 2.76 bits per heavy atom. The Morgan fingerprint density at radius 1 is 1.41 bits per heavy atom. The van der Waals surface area contributed by atoms with Crippen molar-refractivity contribution < 1.29 is 9.66 Å². The number of benzene rings is 1. The van der Waals surface area contributed by atoms with E-state index in [0.717, 1.165) is 31.7 Å². The molecule has 0 atom stereocenters. The first kappa shape index (κ1) is 11.9. The molecule has 92 valence electrons. The SMILES string of the molecule is Cc1c(NC2CCOCC2)cccc1[N+](=O)[O-]. The van der Waals surface area contributed by atoms with Gasteiger partial charge in [0.25, 0.3) is 5.69 Å². The molecule has 1 aromatic carbocycles. The molecule has 0 aliphatic carbocycles. The van der Waals surface area contributed by atoms with E-state index < -0.39 is 0 Å². The maximum atomic E-state index is 10.8. The van der Waals surface area contributed by atoms with Crippen molar-refractivity contribution in [3.05, 3.63) is 33.9 Å². The highest BCUT2D eigenvalue weighted by Gasteiger charge is 2.17. The molecular formula is C12H16N2O3. The highest BCUT2D eigenvalue weighted by molar-refractivity contribution is 5.60. The smallest absolute Gasteiger partial charge is 0.274 e. The Kier molecular flexibility index (Phi) is 3.58. The Balaban J connectivity index is 2.15. The van der Waals surface area contributed by atoms with Crippen LogP contribution >= 0.6 is 0 Å². The second kappa shape index (κ2) is 5.14. The Labute approximate surface area is 99.9 Å². The molecule has 5 nitrogen and oxygen atoms in total. The van der Waals surface area contributed by atoms with Gasteiger partial charge in [0, 0.05) is 36.6 Å². The maximum absolute atomic E-state index is 10.8. The Morgan fingerprint density at radius 2 is 2.12 bits per heavy atom. The molecule has 0 aromatic heterocycles. The number of nitro benzene ring substituents is 1. The number of rotatable bonds is 3. The number of ether oxygens (including phenoxy) is 1. The number of nitrogens with one attached hydrogen (secondary N) is 1. The number of hydrogen-bond donors (Lipinski definition) is 1. The molecule has 0 saturated carbocycles. The van der Waals surface area contributed by atoms with Crippen molar-refractivity contribution in [2.45, 2.75) is 25.8 Å². The maximum Gasteiger partial charge on any atom is 0.274 e. The third kappa shape index (κ3) is 2.74. The topological polar surface area (TPSA) is 64.4 Å². The third-order valence-electron chi connectivity index (χ3n) is 3.08. The first-order chi connectivity index (χ1) is 8.18. The van der Waals surface area contributed by atoms with E-state index in [9.17, 15) is 10.1 Å². The van der Waals surface area contributed by atoms with Crippen molar-refractivity contribution in [2.24, 2.45) is 0 Å². The Bertz CT molecular complexity index is 414. The molecule has 1 fully saturated rings. The normalized spacial score (nSPS) is 16.8. The van der Waals surface area contributed by atoms with Gasteiger partial charge in [-0.3, -0.25) is 10.1 Å². The van der Waals surface area contributed by atoms with Crippen molar-refractivity contribution in [3.63, 3.8) is 0 Å². The second-order valence-electron chi connectivity index (χ2n) is 4.24. The summed E-state index contributed by atoms with van der Waals surface area (Å²) >= 11 is 0. The van der Waals surface area contributed by atoms with Crippen LogP contribution < -0.4 is 5.32 Å². The van der Waals surface area contributed by atoms with Gasteiger partial charge in [-0.15, -0.1) is 0 Å². The molecule has 1 aliphatic heterocycles. The lowest BCUT2D eigenvalue weighted by Gasteiger charge is -2.24. The summed E-state index contributed by atoms with van der Waals surface area (Å²) in [5.41, 5.74) is 1.72. The molecule has 1 N–H and O–H groups in total. The van der Waals surface area contributed by atoms with Gasteiger partial charge in [0.2, 0.25) is 0 Å². The molecule has 2 rings (SSSR count). The molecule has 5 heteroatoms. The zero-order valence-corrected chi connectivity index (χ0v) is 9.81. The van der Waals surface area contributed by atoms with Crippen LogP contribution in [0.5, 0.6) is 0 Å². The largest absolute Gasteiger partial charge is 0.382 e. The van der Waals surface area contributed by atoms with E-state index in [1.807, 2.05) is 6.07 Å². The van der Waals surface area contributed by atoms with E-state index in [1.54, 1.807) is 13.0 Å². The van der Waals surface area contributed by atoms with Gasteiger partial charge in [-0.25, -0.2) is 0 Å². The monoisotopic (exact) mass is 236 g/mol. The molecule has 17 heavy (non-hydrogen) atoms. The number of nitrogens with zero attached hydrogens (tertiary/aromatic N) is 1. The molecule has 1 saturated heterocycles. The predicted octanol–water partition coefficient (Wildman–Crippen LogP) is 2.49. The van der Waals surface area contributed by atoms with Gasteiger partial charge in [0.1, 0.15) is 0 Å². The molecule has 0 radical (unpaired) electrons. The standard InChI is InChI=1S/C12H16N2O3/c1-9-11(3-2-4-12(9)14(15)16)13-10-5-7-17-8-6-10/h2-4,10,13H,5-8H2,1H3. The van der Waals surface area contributed by atoms with E-state index >= 15 is 0 Å². The van der Waals surface area contributed by atoms with E-state index in [1.165, 1.54) is 6.07 Å². The predicted molar refractivity (Wildman–Crippen MR) is 65.3 cm³/mol. The van der Waals surface area contributed by atoms with Gasteiger partial charge in [-0.1, -0.05) is 6.07 Å². The fraction of sp³-hybridized carbons (Fsp3) is 0.500. The van der Waals surface area contributed by atoms with Gasteiger partial charge in [-0.05, 0) is 25.8 Å². The van der Waals surface area contributed by atoms with E-state index in [4.69, 9.17) is 4.74 Å². The lowest BCUT2D eigenvalue weighted by molar-refractivity contribution is -0.385. The van der Waals surface area contributed by atoms with Gasteiger partial charge in [-0.2, -0.15) is 0 Å². The average Bonchev–Trinajstić information content (AvgIpc) is 2.33. The lowest BCUT2D eigenvalue weighted by atomic mass is 10.1. The number of hydrogen-bond acceptors (Lipinski definition) is 4. The van der Waals surface area contributed by atoms with Crippen molar-refractivity contribution >= 4 is 11.4 Å². The molecule has 1 heterocycles. The summed E-state index contributed by atoms with van der Waals surface area (Å²) in [6, 6.07) is 5.49. The first-order valence-electron chi connectivity index (χ1n) is 5.77. The van der Waals surface area contributed by atoms with Gasteiger partial charge in [0.05, 0.1) is 4.92 Å². The van der Waals surface area contributed by atoms with Crippen molar-refractivity contribution in [1.82, 2.24) is 0 Å². The third-order valence-corrected chi connectivity index (χ3v) is 3.08. The van der Waals surface area contributed by atoms with Crippen LogP contribution in [0.15, 0.2) is 18.2 Å². The van der Waals surface area contributed by atoms with E-state index in [-0.39, 0.29) is 10.6 Å².